The molecule has 0 amide bonds. The molecule has 2 aromatic rings. The highest BCUT2D eigenvalue weighted by Gasteiger charge is 2.10. The van der Waals surface area contributed by atoms with E-state index in [1.54, 1.807) is 6.07 Å². The predicted molar refractivity (Wildman–Crippen MR) is 93.5 cm³/mol. The van der Waals surface area contributed by atoms with Crippen molar-refractivity contribution in [3.63, 3.8) is 0 Å². The third kappa shape index (κ3) is 5.27. The molecule has 0 fully saturated rings. The van der Waals surface area contributed by atoms with Gasteiger partial charge in [0.1, 0.15) is 0 Å². The number of hydrogen-bond acceptors (Lipinski definition) is 4. The molecule has 0 unspecified atom stereocenters. The summed E-state index contributed by atoms with van der Waals surface area (Å²) in [7, 11) is 2.03. The highest BCUT2D eigenvalue weighted by atomic mass is 16.3. The van der Waals surface area contributed by atoms with E-state index in [4.69, 9.17) is 0 Å². The van der Waals surface area contributed by atoms with Gasteiger partial charge >= 0.3 is 0 Å². The van der Waals surface area contributed by atoms with Crippen molar-refractivity contribution < 1.29 is 10.2 Å². The Balaban J connectivity index is 1.85. The minimum atomic E-state index is -0.0600. The Bertz CT molecular complexity index is 602. The lowest BCUT2D eigenvalue weighted by Gasteiger charge is -2.24. The first-order valence-electron chi connectivity index (χ1n) is 8.04. The van der Waals surface area contributed by atoms with Gasteiger partial charge in [0.2, 0.25) is 0 Å². The SMILES string of the molecule is CCN(CCN(C)Cc1cccc(O)c1O)Cc1ccccc1. The fourth-order valence-corrected chi connectivity index (χ4v) is 2.58. The van der Waals surface area contributed by atoms with Crippen LogP contribution in [0.15, 0.2) is 48.5 Å². The summed E-state index contributed by atoms with van der Waals surface area (Å²) in [6.07, 6.45) is 0. The van der Waals surface area contributed by atoms with Crippen molar-refractivity contribution in [2.24, 2.45) is 0 Å². The zero-order chi connectivity index (χ0) is 16.7. The summed E-state index contributed by atoms with van der Waals surface area (Å²) in [4.78, 5) is 4.55. The van der Waals surface area contributed by atoms with E-state index in [0.717, 1.165) is 31.7 Å². The molecule has 0 atom stereocenters. The van der Waals surface area contributed by atoms with Gasteiger partial charge in [-0.25, -0.2) is 0 Å². The molecular formula is C19H26N2O2. The third-order valence-electron chi connectivity index (χ3n) is 4.03. The summed E-state index contributed by atoms with van der Waals surface area (Å²) in [5.41, 5.74) is 2.07. The second-order valence-electron chi connectivity index (χ2n) is 5.88. The molecule has 2 N–H and O–H groups in total. The molecule has 0 aromatic heterocycles. The molecule has 0 radical (unpaired) electrons. The summed E-state index contributed by atoms with van der Waals surface area (Å²) in [5, 5.41) is 19.4. The molecule has 0 aliphatic carbocycles. The van der Waals surface area contributed by atoms with Crippen LogP contribution in [0.25, 0.3) is 0 Å². The lowest BCUT2D eigenvalue weighted by Crippen LogP contribution is -2.32. The minimum absolute atomic E-state index is 0.0176. The number of likely N-dealkylation sites (N-methyl/N-ethyl adjacent to an activating group) is 2. The smallest absolute Gasteiger partial charge is 0.161 e. The van der Waals surface area contributed by atoms with Crippen molar-refractivity contribution in [1.82, 2.24) is 9.80 Å². The Kier molecular flexibility index (Phi) is 6.44. The first kappa shape index (κ1) is 17.3. The van der Waals surface area contributed by atoms with Gasteiger partial charge < -0.3 is 15.1 Å². The summed E-state index contributed by atoms with van der Waals surface area (Å²) in [6.45, 7) is 6.59. The lowest BCUT2D eigenvalue weighted by molar-refractivity contribution is 0.221. The monoisotopic (exact) mass is 314 g/mol. The number of para-hydroxylation sites is 1. The second kappa shape index (κ2) is 8.56. The summed E-state index contributed by atoms with van der Waals surface area (Å²) in [5.74, 6) is -0.0776. The lowest BCUT2D eigenvalue weighted by atomic mass is 10.1. The molecule has 2 rings (SSSR count). The Hall–Kier alpha value is -2.04. The van der Waals surface area contributed by atoms with E-state index in [-0.39, 0.29) is 11.5 Å². The first-order valence-corrected chi connectivity index (χ1v) is 8.04. The van der Waals surface area contributed by atoms with Crippen LogP contribution in [0.5, 0.6) is 11.5 Å². The average Bonchev–Trinajstić information content (AvgIpc) is 2.56. The van der Waals surface area contributed by atoms with Gasteiger partial charge in [-0.3, -0.25) is 4.90 Å². The van der Waals surface area contributed by atoms with Crippen LogP contribution in [0, 0.1) is 0 Å². The van der Waals surface area contributed by atoms with Crippen LogP contribution >= 0.6 is 0 Å². The average molecular weight is 314 g/mol. The van der Waals surface area contributed by atoms with E-state index in [1.165, 1.54) is 11.6 Å². The van der Waals surface area contributed by atoms with Crippen molar-refractivity contribution in [2.75, 3.05) is 26.7 Å². The molecule has 0 saturated carbocycles. The van der Waals surface area contributed by atoms with Gasteiger partial charge in [-0.2, -0.15) is 0 Å². The number of rotatable bonds is 8. The molecule has 4 nitrogen and oxygen atoms in total. The fourth-order valence-electron chi connectivity index (χ4n) is 2.58. The number of phenols is 2. The number of phenolic OH excluding ortho intramolecular Hbond substituents is 2. The van der Waals surface area contributed by atoms with Crippen molar-refractivity contribution >= 4 is 0 Å². The minimum Gasteiger partial charge on any atom is -0.504 e. The van der Waals surface area contributed by atoms with E-state index >= 15 is 0 Å². The second-order valence-corrected chi connectivity index (χ2v) is 5.88. The van der Waals surface area contributed by atoms with Crippen LogP contribution in [-0.2, 0) is 13.1 Å². The van der Waals surface area contributed by atoms with Gasteiger partial charge in [0.25, 0.3) is 0 Å². The van der Waals surface area contributed by atoms with Gasteiger partial charge in [-0.1, -0.05) is 49.4 Å². The summed E-state index contributed by atoms with van der Waals surface area (Å²) in [6, 6.07) is 15.6. The summed E-state index contributed by atoms with van der Waals surface area (Å²) >= 11 is 0. The molecule has 0 bridgehead atoms. The van der Waals surface area contributed by atoms with Gasteiger partial charge in [0.15, 0.2) is 11.5 Å². The van der Waals surface area contributed by atoms with Crippen LogP contribution in [0.2, 0.25) is 0 Å². The van der Waals surface area contributed by atoms with E-state index in [1.807, 2.05) is 19.2 Å². The Morgan fingerprint density at radius 2 is 1.61 bits per heavy atom. The zero-order valence-electron chi connectivity index (χ0n) is 13.9. The highest BCUT2D eigenvalue weighted by molar-refractivity contribution is 5.44. The summed E-state index contributed by atoms with van der Waals surface area (Å²) < 4.78 is 0. The Labute approximate surface area is 138 Å². The molecular weight excluding hydrogens is 288 g/mol. The molecule has 0 heterocycles. The maximum Gasteiger partial charge on any atom is 0.161 e. The van der Waals surface area contributed by atoms with Gasteiger partial charge in [-0.15, -0.1) is 0 Å². The predicted octanol–water partition coefficient (Wildman–Crippen LogP) is 3.05. The molecule has 2 aromatic carbocycles. The molecule has 124 valence electrons. The standard InChI is InChI=1S/C19H26N2O2/c1-3-21(14-16-8-5-4-6-9-16)13-12-20(2)15-17-10-7-11-18(22)19(17)23/h4-11,22-23H,3,12-15H2,1-2H3. The zero-order valence-corrected chi connectivity index (χ0v) is 13.9. The first-order chi connectivity index (χ1) is 11.1. The maximum atomic E-state index is 9.88. The van der Waals surface area contributed by atoms with Crippen LogP contribution in [0.4, 0.5) is 0 Å². The quantitative estimate of drug-likeness (QED) is 0.735. The molecule has 0 aliphatic heterocycles. The van der Waals surface area contributed by atoms with Gasteiger partial charge in [0.05, 0.1) is 0 Å². The number of hydrogen-bond donors (Lipinski definition) is 2. The van der Waals surface area contributed by atoms with E-state index in [9.17, 15) is 10.2 Å². The highest BCUT2D eigenvalue weighted by Crippen LogP contribution is 2.28. The normalized spacial score (nSPS) is 11.3. The number of nitrogens with zero attached hydrogens (tertiary/aromatic N) is 2. The van der Waals surface area contributed by atoms with Gasteiger partial charge in [-0.05, 0) is 25.2 Å². The number of benzene rings is 2. The molecule has 4 heteroatoms. The Morgan fingerprint density at radius 1 is 0.870 bits per heavy atom. The van der Waals surface area contributed by atoms with Crippen LogP contribution < -0.4 is 0 Å². The third-order valence-corrected chi connectivity index (χ3v) is 4.03. The maximum absolute atomic E-state index is 9.88. The molecule has 0 spiro atoms. The largest absolute Gasteiger partial charge is 0.504 e. The fraction of sp³-hybridized carbons (Fsp3) is 0.368. The topological polar surface area (TPSA) is 46.9 Å². The molecule has 0 saturated heterocycles. The van der Waals surface area contributed by atoms with E-state index in [2.05, 4.69) is 41.0 Å². The van der Waals surface area contributed by atoms with E-state index < -0.39 is 0 Å². The van der Waals surface area contributed by atoms with Crippen LogP contribution in [0.1, 0.15) is 18.1 Å². The van der Waals surface area contributed by atoms with Crippen molar-refractivity contribution in [3.05, 3.63) is 59.7 Å². The molecule has 0 aliphatic rings. The van der Waals surface area contributed by atoms with Crippen LogP contribution in [-0.4, -0.2) is 46.7 Å². The van der Waals surface area contributed by atoms with Crippen molar-refractivity contribution in [2.45, 2.75) is 20.0 Å². The molecule has 23 heavy (non-hydrogen) atoms. The number of aromatic hydroxyl groups is 2. The van der Waals surface area contributed by atoms with E-state index in [0.29, 0.717) is 6.54 Å². The Morgan fingerprint density at radius 3 is 2.30 bits per heavy atom. The van der Waals surface area contributed by atoms with Crippen molar-refractivity contribution in [1.29, 1.82) is 0 Å². The van der Waals surface area contributed by atoms with Crippen molar-refractivity contribution in [3.8, 4) is 11.5 Å². The van der Waals surface area contributed by atoms with Crippen LogP contribution in [0.3, 0.4) is 0 Å². The van der Waals surface area contributed by atoms with Gasteiger partial charge in [0, 0.05) is 31.7 Å².